The summed E-state index contributed by atoms with van der Waals surface area (Å²) in [6.07, 6.45) is 4.13. The Labute approximate surface area is 191 Å². The first-order chi connectivity index (χ1) is 14.8. The van der Waals surface area contributed by atoms with Gasteiger partial charge in [-0.2, -0.15) is 0 Å². The standard InChI is InChI=1S/C25H33ClN2O3/c1-18(2)28(19(3)4)15-6-16-31-24-17-22(12-13-23(24)30-5)27-25(29)14-9-20-7-10-21(26)11-8-20/h7-14,17-19H,6,15-16H2,1-5H3,(H,27,29). The molecule has 6 heteroatoms. The highest BCUT2D eigenvalue weighted by Crippen LogP contribution is 2.30. The van der Waals surface area contributed by atoms with Gasteiger partial charge in [0.05, 0.1) is 13.7 Å². The van der Waals surface area contributed by atoms with Crippen LogP contribution in [0.2, 0.25) is 5.02 Å². The summed E-state index contributed by atoms with van der Waals surface area (Å²) in [6, 6.07) is 13.6. The predicted octanol–water partition coefficient (Wildman–Crippen LogP) is 5.89. The summed E-state index contributed by atoms with van der Waals surface area (Å²) >= 11 is 5.88. The van der Waals surface area contributed by atoms with Crippen molar-refractivity contribution in [2.75, 3.05) is 25.6 Å². The Hall–Kier alpha value is -2.50. The highest BCUT2D eigenvalue weighted by Gasteiger charge is 2.13. The molecule has 2 aromatic rings. The molecule has 0 saturated carbocycles. The number of nitrogens with zero attached hydrogens (tertiary/aromatic N) is 1. The van der Waals surface area contributed by atoms with Crippen LogP contribution in [0.25, 0.3) is 6.08 Å². The van der Waals surface area contributed by atoms with Crippen LogP contribution in [0.5, 0.6) is 11.5 Å². The summed E-state index contributed by atoms with van der Waals surface area (Å²) in [4.78, 5) is 14.7. The lowest BCUT2D eigenvalue weighted by Gasteiger charge is -2.30. The maximum absolute atomic E-state index is 12.3. The smallest absolute Gasteiger partial charge is 0.248 e. The lowest BCUT2D eigenvalue weighted by Crippen LogP contribution is -2.38. The van der Waals surface area contributed by atoms with Crippen LogP contribution in [0, 0.1) is 0 Å². The minimum absolute atomic E-state index is 0.226. The van der Waals surface area contributed by atoms with Crippen molar-refractivity contribution in [2.45, 2.75) is 46.2 Å². The topological polar surface area (TPSA) is 50.8 Å². The molecule has 0 aliphatic rings. The molecule has 0 aliphatic carbocycles. The fourth-order valence-corrected chi connectivity index (χ4v) is 3.46. The summed E-state index contributed by atoms with van der Waals surface area (Å²) in [5.74, 6) is 1.03. The summed E-state index contributed by atoms with van der Waals surface area (Å²) in [6.45, 7) is 10.4. The van der Waals surface area contributed by atoms with Crippen LogP contribution in [0.15, 0.2) is 48.5 Å². The van der Waals surface area contributed by atoms with Gasteiger partial charge in [-0.05, 0) is 70.0 Å². The maximum Gasteiger partial charge on any atom is 0.248 e. The number of anilines is 1. The third kappa shape index (κ3) is 8.27. The fourth-order valence-electron chi connectivity index (χ4n) is 3.34. The summed E-state index contributed by atoms with van der Waals surface area (Å²) < 4.78 is 11.4. The molecule has 0 fully saturated rings. The lowest BCUT2D eigenvalue weighted by molar-refractivity contribution is -0.111. The van der Waals surface area contributed by atoms with Crippen molar-refractivity contribution in [1.29, 1.82) is 0 Å². The minimum Gasteiger partial charge on any atom is -0.493 e. The Morgan fingerprint density at radius 1 is 1.06 bits per heavy atom. The number of carbonyl (C=O) groups is 1. The molecule has 2 aromatic carbocycles. The first-order valence-electron chi connectivity index (χ1n) is 10.6. The number of rotatable bonds is 11. The molecule has 31 heavy (non-hydrogen) atoms. The Morgan fingerprint density at radius 3 is 2.35 bits per heavy atom. The minimum atomic E-state index is -0.226. The first kappa shape index (κ1) is 24.8. The molecule has 0 aromatic heterocycles. The van der Waals surface area contributed by atoms with Crippen molar-refractivity contribution < 1.29 is 14.3 Å². The van der Waals surface area contributed by atoms with E-state index in [0.717, 1.165) is 18.5 Å². The zero-order valence-corrected chi connectivity index (χ0v) is 19.8. The van der Waals surface area contributed by atoms with Crippen molar-refractivity contribution in [3.63, 3.8) is 0 Å². The second-order valence-electron chi connectivity index (χ2n) is 7.87. The molecule has 168 valence electrons. The highest BCUT2D eigenvalue weighted by atomic mass is 35.5. The van der Waals surface area contributed by atoms with E-state index in [2.05, 4.69) is 37.9 Å². The van der Waals surface area contributed by atoms with E-state index in [1.807, 2.05) is 12.1 Å². The van der Waals surface area contributed by atoms with Crippen LogP contribution in [-0.4, -0.2) is 43.2 Å². The molecular weight excluding hydrogens is 412 g/mol. The average molecular weight is 445 g/mol. The molecule has 5 nitrogen and oxygen atoms in total. The van der Waals surface area contributed by atoms with Gasteiger partial charge in [-0.15, -0.1) is 0 Å². The van der Waals surface area contributed by atoms with E-state index in [-0.39, 0.29) is 5.91 Å². The Balaban J connectivity index is 1.94. The number of halogens is 1. The molecule has 0 atom stereocenters. The highest BCUT2D eigenvalue weighted by molar-refractivity contribution is 6.30. The van der Waals surface area contributed by atoms with Crippen molar-refractivity contribution in [2.24, 2.45) is 0 Å². The monoisotopic (exact) mass is 444 g/mol. The average Bonchev–Trinajstić information content (AvgIpc) is 2.73. The summed E-state index contributed by atoms with van der Waals surface area (Å²) in [5.41, 5.74) is 1.54. The van der Waals surface area contributed by atoms with Crippen LogP contribution < -0.4 is 14.8 Å². The molecule has 0 heterocycles. The van der Waals surface area contributed by atoms with E-state index in [4.69, 9.17) is 21.1 Å². The van der Waals surface area contributed by atoms with Crippen LogP contribution >= 0.6 is 11.6 Å². The van der Waals surface area contributed by atoms with Gasteiger partial charge < -0.3 is 14.8 Å². The number of ether oxygens (including phenoxy) is 2. The predicted molar refractivity (Wildman–Crippen MR) is 129 cm³/mol. The molecule has 0 saturated heterocycles. The van der Waals surface area contributed by atoms with E-state index >= 15 is 0 Å². The van der Waals surface area contributed by atoms with Gasteiger partial charge in [-0.25, -0.2) is 0 Å². The SMILES string of the molecule is COc1ccc(NC(=O)C=Cc2ccc(Cl)cc2)cc1OCCCN(C(C)C)C(C)C. The van der Waals surface area contributed by atoms with Gasteiger partial charge in [0.15, 0.2) is 11.5 Å². The molecule has 1 N–H and O–H groups in total. The van der Waals surface area contributed by atoms with Gasteiger partial charge in [0, 0.05) is 41.5 Å². The number of carbonyl (C=O) groups excluding carboxylic acids is 1. The summed E-state index contributed by atoms with van der Waals surface area (Å²) in [7, 11) is 1.61. The number of nitrogens with one attached hydrogen (secondary N) is 1. The van der Waals surface area contributed by atoms with E-state index in [1.54, 1.807) is 43.5 Å². The first-order valence-corrected chi connectivity index (χ1v) is 11.0. The third-order valence-corrected chi connectivity index (χ3v) is 5.13. The molecule has 1 amide bonds. The van der Waals surface area contributed by atoms with E-state index in [0.29, 0.717) is 40.9 Å². The molecule has 0 spiro atoms. The van der Waals surface area contributed by atoms with Crippen LogP contribution in [0.1, 0.15) is 39.7 Å². The van der Waals surface area contributed by atoms with E-state index in [1.165, 1.54) is 6.08 Å². The number of hydrogen-bond acceptors (Lipinski definition) is 4. The Bertz CT molecular complexity index is 856. The number of amides is 1. The summed E-state index contributed by atoms with van der Waals surface area (Å²) in [5, 5.41) is 3.52. The molecule has 0 radical (unpaired) electrons. The molecule has 2 rings (SSSR count). The van der Waals surface area contributed by atoms with Crippen LogP contribution in [-0.2, 0) is 4.79 Å². The van der Waals surface area contributed by atoms with Gasteiger partial charge >= 0.3 is 0 Å². The lowest BCUT2D eigenvalue weighted by atomic mass is 10.2. The van der Waals surface area contributed by atoms with Crippen molar-refractivity contribution in [3.05, 3.63) is 59.1 Å². The van der Waals surface area contributed by atoms with Gasteiger partial charge in [0.1, 0.15) is 0 Å². The van der Waals surface area contributed by atoms with E-state index < -0.39 is 0 Å². The zero-order chi connectivity index (χ0) is 22.8. The third-order valence-electron chi connectivity index (χ3n) is 4.87. The second-order valence-corrected chi connectivity index (χ2v) is 8.30. The van der Waals surface area contributed by atoms with Crippen molar-refractivity contribution in [3.8, 4) is 11.5 Å². The van der Waals surface area contributed by atoms with Gasteiger partial charge in [-0.3, -0.25) is 9.69 Å². The van der Waals surface area contributed by atoms with Crippen molar-refractivity contribution in [1.82, 2.24) is 4.90 Å². The van der Waals surface area contributed by atoms with Gasteiger partial charge in [0.25, 0.3) is 0 Å². The van der Waals surface area contributed by atoms with Crippen molar-refractivity contribution >= 4 is 29.3 Å². The normalized spacial score (nSPS) is 11.5. The number of hydrogen-bond donors (Lipinski definition) is 1. The van der Waals surface area contributed by atoms with Gasteiger partial charge in [0.2, 0.25) is 5.91 Å². The quantitative estimate of drug-likeness (QED) is 0.347. The molecule has 0 unspecified atom stereocenters. The van der Waals surface area contributed by atoms with E-state index in [9.17, 15) is 4.79 Å². The van der Waals surface area contributed by atoms with Crippen LogP contribution in [0.3, 0.4) is 0 Å². The largest absolute Gasteiger partial charge is 0.493 e. The molecule has 0 aliphatic heterocycles. The van der Waals surface area contributed by atoms with Gasteiger partial charge in [-0.1, -0.05) is 23.7 Å². The number of benzene rings is 2. The van der Waals surface area contributed by atoms with Crippen LogP contribution in [0.4, 0.5) is 5.69 Å². The fraction of sp³-hybridized carbons (Fsp3) is 0.400. The Kier molecular flexibility index (Phi) is 9.89. The molecular formula is C25H33ClN2O3. The Morgan fingerprint density at radius 2 is 1.74 bits per heavy atom. The number of methoxy groups -OCH3 is 1. The second kappa shape index (κ2) is 12.4. The molecule has 0 bridgehead atoms. The maximum atomic E-state index is 12.3. The zero-order valence-electron chi connectivity index (χ0n) is 19.0.